The molecule has 0 fully saturated rings. The average molecular weight is 578 g/mol. The molecule has 0 heterocycles. The molecule has 5 N–H and O–H groups in total. The Bertz CT molecular complexity index is 1620. The second-order valence-corrected chi connectivity index (χ2v) is 12.0. The first-order valence-corrected chi connectivity index (χ1v) is 14.7. The highest BCUT2D eigenvalue weighted by Crippen LogP contribution is 2.32. The number of nitrogens with two attached hydrogens (primary N) is 1. The van der Waals surface area contributed by atoms with Crippen LogP contribution in [0.1, 0.15) is 11.1 Å². The quantitative estimate of drug-likeness (QED) is 0.107. The number of hydrogen-bond acceptors (Lipinski definition) is 9. The van der Waals surface area contributed by atoms with Crippen LogP contribution in [0.5, 0.6) is 11.5 Å². The SMILES string of the molecule is COc1ccc(/C(N)=N\O)cc1S(=O)(=O)NCCc1ccc(-c2ccccc2S(C)(=O)=O)cc1OCC(=O)O. The van der Waals surface area contributed by atoms with E-state index in [1.807, 2.05) is 0 Å². The van der Waals surface area contributed by atoms with Crippen LogP contribution in [0.2, 0.25) is 0 Å². The van der Waals surface area contributed by atoms with Crippen LogP contribution in [0.15, 0.2) is 75.6 Å². The minimum atomic E-state index is -4.12. The average Bonchev–Trinajstić information content (AvgIpc) is 2.90. The first-order valence-electron chi connectivity index (χ1n) is 11.3. The summed E-state index contributed by atoms with van der Waals surface area (Å²) in [5, 5.41) is 20.9. The summed E-state index contributed by atoms with van der Waals surface area (Å²) in [4.78, 5) is 11.0. The van der Waals surface area contributed by atoms with Gasteiger partial charge in [-0.2, -0.15) is 0 Å². The summed E-state index contributed by atoms with van der Waals surface area (Å²) < 4.78 is 63.6. The number of oxime groups is 1. The van der Waals surface area contributed by atoms with Crippen molar-refractivity contribution in [1.82, 2.24) is 4.72 Å². The number of nitrogens with one attached hydrogen (secondary N) is 1. The van der Waals surface area contributed by atoms with Crippen LogP contribution in [0.25, 0.3) is 11.1 Å². The van der Waals surface area contributed by atoms with Gasteiger partial charge in [-0.05, 0) is 47.9 Å². The number of hydrogen-bond donors (Lipinski definition) is 4. The van der Waals surface area contributed by atoms with Gasteiger partial charge >= 0.3 is 5.97 Å². The van der Waals surface area contributed by atoms with Gasteiger partial charge in [0.25, 0.3) is 0 Å². The van der Waals surface area contributed by atoms with Crippen LogP contribution in [-0.2, 0) is 31.1 Å². The topological polar surface area (TPSA) is 195 Å². The molecular weight excluding hydrogens is 550 g/mol. The Labute approximate surface area is 225 Å². The first kappa shape index (κ1) is 29.4. The van der Waals surface area contributed by atoms with Gasteiger partial charge in [0.05, 0.1) is 12.0 Å². The Kier molecular flexibility index (Phi) is 9.16. The van der Waals surface area contributed by atoms with Gasteiger partial charge in [0.2, 0.25) is 10.0 Å². The number of carboxylic acids is 1. The monoisotopic (exact) mass is 577 g/mol. The number of nitrogens with zero attached hydrogens (tertiary/aromatic N) is 1. The number of ether oxygens (including phenoxy) is 2. The number of sulfone groups is 1. The van der Waals surface area contributed by atoms with E-state index in [0.29, 0.717) is 16.7 Å². The van der Waals surface area contributed by atoms with Crippen molar-refractivity contribution in [3.63, 3.8) is 0 Å². The first-order chi connectivity index (χ1) is 18.4. The van der Waals surface area contributed by atoms with E-state index >= 15 is 0 Å². The molecule has 39 heavy (non-hydrogen) atoms. The normalized spacial score (nSPS) is 12.2. The Balaban J connectivity index is 1.90. The summed E-state index contributed by atoms with van der Waals surface area (Å²) in [5.74, 6) is -1.31. The minimum absolute atomic E-state index is 0.0383. The summed E-state index contributed by atoms with van der Waals surface area (Å²) in [7, 11) is -6.37. The lowest BCUT2D eigenvalue weighted by Gasteiger charge is -2.15. The zero-order chi connectivity index (χ0) is 28.8. The van der Waals surface area contributed by atoms with E-state index in [2.05, 4.69) is 9.88 Å². The van der Waals surface area contributed by atoms with Crippen molar-refractivity contribution in [1.29, 1.82) is 0 Å². The summed E-state index contributed by atoms with van der Waals surface area (Å²) in [6, 6.07) is 15.1. The van der Waals surface area contributed by atoms with E-state index in [9.17, 15) is 21.6 Å². The molecule has 14 heteroatoms. The molecule has 0 aliphatic carbocycles. The zero-order valence-corrected chi connectivity index (χ0v) is 22.6. The van der Waals surface area contributed by atoms with E-state index < -0.39 is 32.4 Å². The Morgan fingerprint density at radius 3 is 2.36 bits per heavy atom. The summed E-state index contributed by atoms with van der Waals surface area (Å²) in [6.07, 6.45) is 1.19. The minimum Gasteiger partial charge on any atom is -0.495 e. The molecule has 3 aromatic carbocycles. The number of amidine groups is 1. The molecule has 12 nitrogen and oxygen atoms in total. The fourth-order valence-corrected chi connectivity index (χ4v) is 5.87. The van der Waals surface area contributed by atoms with Crippen LogP contribution in [0.4, 0.5) is 0 Å². The number of methoxy groups -OCH3 is 1. The Morgan fingerprint density at radius 2 is 1.72 bits per heavy atom. The molecule has 0 spiro atoms. The maximum Gasteiger partial charge on any atom is 0.341 e. The van der Waals surface area contributed by atoms with Crippen molar-refractivity contribution >= 4 is 31.7 Å². The van der Waals surface area contributed by atoms with E-state index in [4.69, 9.17) is 25.5 Å². The second-order valence-electron chi connectivity index (χ2n) is 8.27. The largest absolute Gasteiger partial charge is 0.495 e. The van der Waals surface area contributed by atoms with E-state index in [1.165, 1.54) is 37.4 Å². The fourth-order valence-electron chi connectivity index (χ4n) is 3.73. The van der Waals surface area contributed by atoms with Crippen molar-refractivity contribution in [2.24, 2.45) is 10.9 Å². The number of carbonyl (C=O) groups is 1. The van der Waals surface area contributed by atoms with Gasteiger partial charge in [-0.3, -0.25) is 0 Å². The molecule has 3 rings (SSSR count). The van der Waals surface area contributed by atoms with Gasteiger partial charge < -0.3 is 25.5 Å². The third-order valence-corrected chi connectivity index (χ3v) is 8.20. The summed E-state index contributed by atoms with van der Waals surface area (Å²) in [5.41, 5.74) is 7.11. The third kappa shape index (κ3) is 7.25. The van der Waals surface area contributed by atoms with Crippen molar-refractivity contribution < 1.29 is 41.4 Å². The zero-order valence-electron chi connectivity index (χ0n) is 21.0. The molecule has 0 amide bonds. The highest BCUT2D eigenvalue weighted by Gasteiger charge is 2.21. The van der Waals surface area contributed by atoms with Gasteiger partial charge in [-0.15, -0.1) is 0 Å². The predicted molar refractivity (Wildman–Crippen MR) is 143 cm³/mol. The van der Waals surface area contributed by atoms with Crippen molar-refractivity contribution in [2.75, 3.05) is 26.5 Å². The van der Waals surface area contributed by atoms with Crippen LogP contribution in [0, 0.1) is 0 Å². The van der Waals surface area contributed by atoms with Crippen LogP contribution >= 0.6 is 0 Å². The molecule has 0 aromatic heterocycles. The predicted octanol–water partition coefficient (Wildman–Crippen LogP) is 1.84. The lowest BCUT2D eigenvalue weighted by atomic mass is 10.0. The molecule has 0 saturated carbocycles. The fraction of sp³-hybridized carbons (Fsp3) is 0.200. The third-order valence-electron chi connectivity index (χ3n) is 5.56. The standard InChI is InChI=1S/C25H27N3O9S2/c1-36-20-10-9-18(25(26)28-31)14-23(20)39(34,35)27-12-11-16-7-8-17(13-21(16)37-15-24(29)30)19-5-3-4-6-22(19)38(2,32)33/h3-10,13-14,27,31H,11-12,15H2,1-2H3,(H2,26,28)(H,29,30). The molecular formula is C25H27N3O9S2. The van der Waals surface area contributed by atoms with Crippen LogP contribution in [0.3, 0.4) is 0 Å². The van der Waals surface area contributed by atoms with Gasteiger partial charge in [-0.25, -0.2) is 26.4 Å². The highest BCUT2D eigenvalue weighted by molar-refractivity contribution is 7.91. The molecule has 0 unspecified atom stereocenters. The molecule has 0 bridgehead atoms. The van der Waals surface area contributed by atoms with E-state index in [0.717, 1.165) is 6.26 Å². The molecule has 0 radical (unpaired) electrons. The van der Waals surface area contributed by atoms with Gasteiger partial charge in [0.1, 0.15) is 16.4 Å². The molecule has 0 aliphatic heterocycles. The molecule has 3 aromatic rings. The smallest absolute Gasteiger partial charge is 0.341 e. The Hall–Kier alpha value is -4.14. The maximum absolute atomic E-state index is 13.0. The number of rotatable bonds is 12. The Morgan fingerprint density at radius 1 is 1.00 bits per heavy atom. The highest BCUT2D eigenvalue weighted by atomic mass is 32.2. The van der Waals surface area contributed by atoms with Crippen molar-refractivity contribution in [3.8, 4) is 22.6 Å². The number of aliphatic carboxylic acids is 1. The summed E-state index contributed by atoms with van der Waals surface area (Å²) in [6.45, 7) is -0.768. The number of sulfonamides is 1. The lowest BCUT2D eigenvalue weighted by molar-refractivity contribution is -0.139. The van der Waals surface area contributed by atoms with Gasteiger partial charge in [-0.1, -0.05) is 35.5 Å². The van der Waals surface area contributed by atoms with E-state index in [-0.39, 0.29) is 45.7 Å². The molecule has 0 saturated heterocycles. The summed E-state index contributed by atoms with van der Waals surface area (Å²) >= 11 is 0. The van der Waals surface area contributed by atoms with Crippen molar-refractivity contribution in [2.45, 2.75) is 16.2 Å². The lowest BCUT2D eigenvalue weighted by Crippen LogP contribution is -2.27. The molecule has 0 aliphatic rings. The van der Waals surface area contributed by atoms with Crippen LogP contribution < -0.4 is 19.9 Å². The van der Waals surface area contributed by atoms with Crippen molar-refractivity contribution in [3.05, 3.63) is 71.8 Å². The van der Waals surface area contributed by atoms with E-state index in [1.54, 1.807) is 30.3 Å². The maximum atomic E-state index is 13.0. The number of carboxylic acid groups (broad SMARTS) is 1. The number of benzene rings is 3. The molecule has 0 atom stereocenters. The van der Waals surface area contributed by atoms with Crippen LogP contribution in [-0.4, -0.2) is 65.5 Å². The molecule has 208 valence electrons. The van der Waals surface area contributed by atoms with Gasteiger partial charge in [0.15, 0.2) is 22.3 Å². The van der Waals surface area contributed by atoms with Gasteiger partial charge in [0, 0.05) is 23.9 Å². The second kappa shape index (κ2) is 12.1.